The van der Waals surface area contributed by atoms with Crippen molar-refractivity contribution in [3.8, 4) is 28.7 Å². The average molecular weight is 641 g/mol. The van der Waals surface area contributed by atoms with Crippen LogP contribution in [-0.4, -0.2) is 90.8 Å². The van der Waals surface area contributed by atoms with Gasteiger partial charge in [0.05, 0.1) is 29.6 Å². The molecule has 5 aromatic rings. The summed E-state index contributed by atoms with van der Waals surface area (Å²) in [6.45, 7) is 5.20. The zero-order valence-corrected chi connectivity index (χ0v) is 27.0. The Balaban J connectivity index is 0.957. The lowest BCUT2D eigenvalue weighted by atomic mass is 9.98. The molecule has 0 radical (unpaired) electrons. The molecule has 0 aliphatic carbocycles. The molecular formula is C36H36N10O2. The largest absolute Gasteiger partial charge is 0.338 e. The number of aromatic nitrogens is 6. The van der Waals surface area contributed by atoms with Crippen LogP contribution in [-0.2, 0) is 16.6 Å². The first-order valence-corrected chi connectivity index (χ1v) is 16.2. The Hall–Kier alpha value is -5.67. The molecule has 12 nitrogen and oxygen atoms in total. The van der Waals surface area contributed by atoms with Gasteiger partial charge in [-0.05, 0) is 61.7 Å². The first-order valence-electron chi connectivity index (χ1n) is 16.2. The molecule has 5 heterocycles. The number of nitriles is 1. The predicted octanol–water partition coefficient (Wildman–Crippen LogP) is 4.28. The Morgan fingerprint density at radius 2 is 1.79 bits per heavy atom. The number of pyridine rings is 1. The first kappa shape index (κ1) is 31.0. The first-order chi connectivity index (χ1) is 23.4. The lowest BCUT2D eigenvalue weighted by molar-refractivity contribution is -0.132. The van der Waals surface area contributed by atoms with Crippen LogP contribution in [0.4, 0.5) is 5.82 Å². The molecule has 242 valence electrons. The summed E-state index contributed by atoms with van der Waals surface area (Å²) in [6.07, 6.45) is 5.32. The number of hydrogen-bond acceptors (Lipinski definition) is 8. The van der Waals surface area contributed by atoms with Crippen LogP contribution < -0.4 is 4.90 Å². The quantitative estimate of drug-likeness (QED) is 0.265. The zero-order chi connectivity index (χ0) is 33.2. The monoisotopic (exact) mass is 640 g/mol. The molecule has 0 saturated carbocycles. The Bertz CT molecular complexity index is 2040. The standard InChI is InChI=1S/C36H36N10O2/c1-3-46(31-13-12-30-34(39-31)33(41-40-30)27-6-4-24(20-37)5-7-27)36(48)29-14-17-44(21-29)22-32(47)45-18-15-26(16-19-45)25-8-10-28(11-9-25)35-38-23-43(2)42-35/h4-13,15,23,29H,3,14,16-19,21-22H2,1-2H3,(H,40,41)/t29-/m1/s1. The van der Waals surface area contributed by atoms with E-state index < -0.39 is 0 Å². The molecule has 48 heavy (non-hydrogen) atoms. The second-order valence-corrected chi connectivity index (χ2v) is 12.3. The molecule has 0 spiro atoms. The highest BCUT2D eigenvalue weighted by molar-refractivity contribution is 5.97. The number of H-pyrrole nitrogens is 1. The van der Waals surface area contributed by atoms with Gasteiger partial charge in [0, 0.05) is 44.4 Å². The number of likely N-dealkylation sites (tertiary alicyclic amines) is 1. The molecule has 2 aliphatic rings. The Kier molecular flexibility index (Phi) is 8.52. The molecule has 0 unspecified atom stereocenters. The molecule has 0 bridgehead atoms. The van der Waals surface area contributed by atoms with E-state index in [9.17, 15) is 9.59 Å². The number of rotatable bonds is 8. The number of hydrogen-bond donors (Lipinski definition) is 1. The summed E-state index contributed by atoms with van der Waals surface area (Å²) in [5.41, 5.74) is 6.86. The van der Waals surface area contributed by atoms with Crippen LogP contribution in [0.15, 0.2) is 73.1 Å². The number of fused-ring (bicyclic) bond motifs is 1. The molecule has 2 aliphatic heterocycles. The van der Waals surface area contributed by atoms with E-state index in [2.05, 4.69) is 49.5 Å². The van der Waals surface area contributed by atoms with Gasteiger partial charge in [0.2, 0.25) is 11.8 Å². The Morgan fingerprint density at radius 1 is 1.02 bits per heavy atom. The normalized spacial score (nSPS) is 16.6. The smallest absolute Gasteiger partial charge is 0.237 e. The second-order valence-electron chi connectivity index (χ2n) is 12.3. The number of carbonyl (C=O) groups excluding carboxylic acids is 2. The van der Waals surface area contributed by atoms with Crippen LogP contribution in [0, 0.1) is 17.2 Å². The van der Waals surface area contributed by atoms with E-state index in [1.807, 2.05) is 55.3 Å². The third-order valence-electron chi connectivity index (χ3n) is 9.20. The van der Waals surface area contributed by atoms with Crippen LogP contribution in [0.2, 0.25) is 0 Å². The van der Waals surface area contributed by atoms with E-state index in [0.29, 0.717) is 74.1 Å². The van der Waals surface area contributed by atoms with Crippen molar-refractivity contribution < 1.29 is 9.59 Å². The summed E-state index contributed by atoms with van der Waals surface area (Å²) in [5.74, 6) is 1.16. The van der Waals surface area contributed by atoms with Crippen molar-refractivity contribution in [1.29, 1.82) is 5.26 Å². The summed E-state index contributed by atoms with van der Waals surface area (Å²) >= 11 is 0. The van der Waals surface area contributed by atoms with Gasteiger partial charge in [-0.1, -0.05) is 42.5 Å². The van der Waals surface area contributed by atoms with Crippen molar-refractivity contribution in [3.05, 3.63) is 84.2 Å². The van der Waals surface area contributed by atoms with Gasteiger partial charge < -0.3 is 4.90 Å². The van der Waals surface area contributed by atoms with Gasteiger partial charge >= 0.3 is 0 Å². The third kappa shape index (κ3) is 6.20. The minimum absolute atomic E-state index is 0.0121. The van der Waals surface area contributed by atoms with Crippen molar-refractivity contribution in [1.82, 2.24) is 39.7 Å². The summed E-state index contributed by atoms with van der Waals surface area (Å²) in [7, 11) is 1.85. The second kappa shape index (κ2) is 13.2. The van der Waals surface area contributed by atoms with Gasteiger partial charge in [-0.3, -0.25) is 29.2 Å². The molecule has 1 N–H and O–H groups in total. The lowest BCUT2D eigenvalue weighted by Gasteiger charge is -2.29. The van der Waals surface area contributed by atoms with Crippen LogP contribution in [0.3, 0.4) is 0 Å². The summed E-state index contributed by atoms with van der Waals surface area (Å²) in [5, 5.41) is 21.0. The van der Waals surface area contributed by atoms with Crippen molar-refractivity contribution in [2.24, 2.45) is 13.0 Å². The number of aromatic amines is 1. The van der Waals surface area contributed by atoms with Gasteiger partial charge in [0.25, 0.3) is 0 Å². The molecule has 2 amide bonds. The minimum Gasteiger partial charge on any atom is -0.338 e. The van der Waals surface area contributed by atoms with Gasteiger partial charge in [0.15, 0.2) is 5.82 Å². The van der Waals surface area contributed by atoms with Crippen LogP contribution in [0.1, 0.15) is 30.9 Å². The number of amides is 2. The van der Waals surface area contributed by atoms with Crippen molar-refractivity contribution >= 4 is 34.2 Å². The number of nitrogens with one attached hydrogen (secondary N) is 1. The summed E-state index contributed by atoms with van der Waals surface area (Å²) in [4.78, 5) is 42.0. The molecule has 1 atom stereocenters. The topological polar surface area (TPSA) is 140 Å². The fourth-order valence-corrected chi connectivity index (χ4v) is 6.53. The number of anilines is 1. The molecule has 2 aromatic carbocycles. The number of nitrogens with zero attached hydrogens (tertiary/aromatic N) is 9. The van der Waals surface area contributed by atoms with E-state index in [1.165, 1.54) is 5.57 Å². The summed E-state index contributed by atoms with van der Waals surface area (Å²) in [6, 6.07) is 21.3. The van der Waals surface area contributed by atoms with E-state index in [-0.39, 0.29) is 17.7 Å². The van der Waals surface area contributed by atoms with Crippen molar-refractivity contribution in [2.75, 3.05) is 44.2 Å². The van der Waals surface area contributed by atoms with Gasteiger partial charge in [0.1, 0.15) is 23.4 Å². The fourth-order valence-electron chi connectivity index (χ4n) is 6.53. The van der Waals surface area contributed by atoms with Crippen LogP contribution in [0.25, 0.3) is 39.3 Å². The number of carbonyl (C=O) groups is 2. The average Bonchev–Trinajstić information content (AvgIpc) is 3.89. The predicted molar refractivity (Wildman–Crippen MR) is 182 cm³/mol. The number of benzene rings is 2. The van der Waals surface area contributed by atoms with E-state index >= 15 is 0 Å². The molecular weight excluding hydrogens is 604 g/mol. The number of aryl methyl sites for hydroxylation is 1. The van der Waals surface area contributed by atoms with Gasteiger partial charge in [-0.2, -0.15) is 15.5 Å². The van der Waals surface area contributed by atoms with Crippen molar-refractivity contribution in [3.63, 3.8) is 0 Å². The lowest BCUT2D eigenvalue weighted by Crippen LogP contribution is -2.42. The summed E-state index contributed by atoms with van der Waals surface area (Å²) < 4.78 is 1.69. The van der Waals surface area contributed by atoms with Gasteiger partial charge in [-0.25, -0.2) is 9.97 Å². The van der Waals surface area contributed by atoms with E-state index in [1.54, 1.807) is 28.0 Å². The van der Waals surface area contributed by atoms with E-state index in [4.69, 9.17) is 10.2 Å². The fraction of sp³-hybridized carbons (Fsp3) is 0.306. The highest BCUT2D eigenvalue weighted by atomic mass is 16.2. The van der Waals surface area contributed by atoms with Crippen molar-refractivity contribution in [2.45, 2.75) is 19.8 Å². The molecule has 7 rings (SSSR count). The maximum atomic E-state index is 13.8. The Labute approximate surface area is 278 Å². The SMILES string of the molecule is CCN(C(=O)[C@@H]1CCN(CC(=O)N2CC=C(c3ccc(-c4ncn(C)n4)cc3)CC2)C1)c1ccc2[nH]nc(-c3ccc(C#N)cc3)c2n1. The maximum Gasteiger partial charge on any atom is 0.237 e. The third-order valence-corrected chi connectivity index (χ3v) is 9.20. The molecule has 1 saturated heterocycles. The van der Waals surface area contributed by atoms with E-state index in [0.717, 1.165) is 28.6 Å². The highest BCUT2D eigenvalue weighted by Crippen LogP contribution is 2.29. The maximum absolute atomic E-state index is 13.8. The van der Waals surface area contributed by atoms with Gasteiger partial charge in [-0.15, -0.1) is 0 Å². The zero-order valence-electron chi connectivity index (χ0n) is 27.0. The van der Waals surface area contributed by atoms with Crippen LogP contribution >= 0.6 is 0 Å². The Morgan fingerprint density at radius 3 is 2.48 bits per heavy atom. The van der Waals surface area contributed by atoms with Crippen LogP contribution in [0.5, 0.6) is 0 Å². The molecule has 3 aromatic heterocycles. The highest BCUT2D eigenvalue weighted by Gasteiger charge is 2.34. The molecule has 12 heteroatoms. The molecule has 1 fully saturated rings. The minimum atomic E-state index is -0.213.